The lowest BCUT2D eigenvalue weighted by atomic mass is 10.3. The standard InChI is InChI=1S/C10H12Br2ClNO2S/c1-7(11)4-5-14-17(15,16)10-3-2-8(12)6-9(10)13/h2-3,6-7,14H,4-5H2,1H3. The lowest BCUT2D eigenvalue weighted by molar-refractivity contribution is 0.579. The highest BCUT2D eigenvalue weighted by molar-refractivity contribution is 9.10. The Morgan fingerprint density at radius 3 is 2.65 bits per heavy atom. The van der Waals surface area contributed by atoms with Crippen LogP contribution in [0, 0.1) is 0 Å². The van der Waals surface area contributed by atoms with Crippen LogP contribution >= 0.6 is 43.5 Å². The molecular formula is C10H12Br2ClNO2S. The van der Waals surface area contributed by atoms with Crippen molar-refractivity contribution in [1.82, 2.24) is 4.72 Å². The number of rotatable bonds is 5. The van der Waals surface area contributed by atoms with Crippen molar-refractivity contribution in [3.8, 4) is 0 Å². The molecule has 0 heterocycles. The lowest BCUT2D eigenvalue weighted by Gasteiger charge is -2.09. The van der Waals surface area contributed by atoms with Crippen LogP contribution in [-0.2, 0) is 10.0 Å². The van der Waals surface area contributed by atoms with E-state index in [1.54, 1.807) is 12.1 Å². The third-order valence-corrected chi connectivity index (χ3v) is 4.91. The molecule has 0 aliphatic carbocycles. The monoisotopic (exact) mass is 403 g/mol. The molecule has 1 aromatic rings. The average Bonchev–Trinajstić information content (AvgIpc) is 2.15. The van der Waals surface area contributed by atoms with Crippen molar-refractivity contribution in [2.45, 2.75) is 23.1 Å². The van der Waals surface area contributed by atoms with Gasteiger partial charge < -0.3 is 0 Å². The molecule has 0 saturated heterocycles. The molecule has 1 unspecified atom stereocenters. The molecule has 0 bridgehead atoms. The Morgan fingerprint density at radius 2 is 2.12 bits per heavy atom. The number of hydrogen-bond donors (Lipinski definition) is 1. The van der Waals surface area contributed by atoms with Crippen LogP contribution in [0.2, 0.25) is 5.02 Å². The van der Waals surface area contributed by atoms with Crippen molar-refractivity contribution in [2.24, 2.45) is 0 Å². The Balaban J connectivity index is 2.83. The first-order valence-corrected chi connectivity index (χ1v) is 8.48. The molecule has 0 amide bonds. The second kappa shape index (κ2) is 6.52. The third kappa shape index (κ3) is 4.87. The van der Waals surface area contributed by atoms with Gasteiger partial charge in [-0.05, 0) is 24.6 Å². The van der Waals surface area contributed by atoms with Crippen LogP contribution in [0.4, 0.5) is 0 Å². The summed E-state index contributed by atoms with van der Waals surface area (Å²) in [5, 5.41) is 0.207. The predicted molar refractivity (Wildman–Crippen MR) is 77.3 cm³/mol. The van der Waals surface area contributed by atoms with Crippen molar-refractivity contribution in [1.29, 1.82) is 0 Å². The molecule has 96 valence electrons. The molecule has 1 N–H and O–H groups in total. The first-order valence-electron chi connectivity index (χ1n) is 4.91. The Hall–Kier alpha value is 0.380. The number of sulfonamides is 1. The quantitative estimate of drug-likeness (QED) is 0.762. The summed E-state index contributed by atoms with van der Waals surface area (Å²) in [5.74, 6) is 0. The second-order valence-electron chi connectivity index (χ2n) is 3.54. The van der Waals surface area contributed by atoms with E-state index in [4.69, 9.17) is 11.6 Å². The summed E-state index contributed by atoms with van der Waals surface area (Å²) in [4.78, 5) is 0.371. The van der Waals surface area contributed by atoms with E-state index < -0.39 is 10.0 Å². The molecule has 17 heavy (non-hydrogen) atoms. The summed E-state index contributed by atoms with van der Waals surface area (Å²) in [5.41, 5.74) is 0. The summed E-state index contributed by atoms with van der Waals surface area (Å²) in [6, 6.07) is 4.68. The fourth-order valence-corrected chi connectivity index (χ4v) is 3.48. The Labute approximate surface area is 123 Å². The van der Waals surface area contributed by atoms with Gasteiger partial charge in [0.05, 0.1) is 5.02 Å². The minimum atomic E-state index is -3.53. The molecule has 0 fully saturated rings. The Morgan fingerprint density at radius 1 is 1.47 bits per heavy atom. The van der Waals surface area contributed by atoms with Gasteiger partial charge in [-0.1, -0.05) is 50.4 Å². The molecule has 0 radical (unpaired) electrons. The first-order chi connectivity index (χ1) is 7.83. The van der Waals surface area contributed by atoms with Gasteiger partial charge >= 0.3 is 0 Å². The highest BCUT2D eigenvalue weighted by Gasteiger charge is 2.17. The van der Waals surface area contributed by atoms with Crippen LogP contribution in [-0.4, -0.2) is 19.8 Å². The van der Waals surface area contributed by atoms with Crippen LogP contribution in [0.25, 0.3) is 0 Å². The van der Waals surface area contributed by atoms with Gasteiger partial charge in [0.25, 0.3) is 0 Å². The van der Waals surface area contributed by atoms with Crippen molar-refractivity contribution in [3.63, 3.8) is 0 Å². The van der Waals surface area contributed by atoms with E-state index in [0.29, 0.717) is 13.0 Å². The largest absolute Gasteiger partial charge is 0.242 e. The molecule has 1 rings (SSSR count). The topological polar surface area (TPSA) is 46.2 Å². The smallest absolute Gasteiger partial charge is 0.211 e. The maximum absolute atomic E-state index is 11.9. The van der Waals surface area contributed by atoms with E-state index in [9.17, 15) is 8.42 Å². The maximum atomic E-state index is 11.9. The molecule has 7 heteroatoms. The second-order valence-corrected chi connectivity index (χ2v) is 8.16. The van der Waals surface area contributed by atoms with Crippen LogP contribution in [0.1, 0.15) is 13.3 Å². The van der Waals surface area contributed by atoms with Crippen LogP contribution in [0.15, 0.2) is 27.6 Å². The van der Waals surface area contributed by atoms with Gasteiger partial charge in [-0.25, -0.2) is 13.1 Å². The zero-order chi connectivity index (χ0) is 13.1. The van der Waals surface area contributed by atoms with Crippen LogP contribution in [0.3, 0.4) is 0 Å². The van der Waals surface area contributed by atoms with Gasteiger partial charge in [0.15, 0.2) is 0 Å². The molecule has 1 atom stereocenters. The fraction of sp³-hybridized carbons (Fsp3) is 0.400. The van der Waals surface area contributed by atoms with Crippen molar-refractivity contribution in [3.05, 3.63) is 27.7 Å². The van der Waals surface area contributed by atoms with Gasteiger partial charge in [-0.3, -0.25) is 0 Å². The SMILES string of the molecule is CC(Br)CCNS(=O)(=O)c1ccc(Br)cc1Cl. The summed E-state index contributed by atoms with van der Waals surface area (Å²) < 4.78 is 27.1. The summed E-state index contributed by atoms with van der Waals surface area (Å²) >= 11 is 12.5. The van der Waals surface area contributed by atoms with Crippen molar-refractivity contribution < 1.29 is 8.42 Å². The van der Waals surface area contributed by atoms with Gasteiger partial charge in [0.2, 0.25) is 10.0 Å². The summed E-state index contributed by atoms with van der Waals surface area (Å²) in [7, 11) is -3.53. The molecule has 3 nitrogen and oxygen atoms in total. The third-order valence-electron chi connectivity index (χ3n) is 2.02. The van der Waals surface area contributed by atoms with Gasteiger partial charge in [0, 0.05) is 15.8 Å². The Kier molecular flexibility index (Phi) is 5.92. The fourth-order valence-electron chi connectivity index (χ4n) is 1.16. The molecule has 0 aromatic heterocycles. The maximum Gasteiger partial charge on any atom is 0.242 e. The van der Waals surface area contributed by atoms with Crippen LogP contribution in [0.5, 0.6) is 0 Å². The number of hydrogen-bond acceptors (Lipinski definition) is 2. The highest BCUT2D eigenvalue weighted by Crippen LogP contribution is 2.25. The van der Waals surface area contributed by atoms with Crippen LogP contribution < -0.4 is 4.72 Å². The minimum Gasteiger partial charge on any atom is -0.211 e. The lowest BCUT2D eigenvalue weighted by Crippen LogP contribution is -2.26. The number of alkyl halides is 1. The van der Waals surface area contributed by atoms with E-state index >= 15 is 0 Å². The van der Waals surface area contributed by atoms with Crippen molar-refractivity contribution in [2.75, 3.05) is 6.54 Å². The molecule has 0 aliphatic rings. The molecule has 0 saturated carbocycles. The summed E-state index contributed by atoms with van der Waals surface area (Å²) in [6.45, 7) is 2.34. The van der Waals surface area contributed by atoms with Crippen molar-refractivity contribution >= 4 is 53.5 Å². The van der Waals surface area contributed by atoms with Gasteiger partial charge in [-0.2, -0.15) is 0 Å². The number of benzene rings is 1. The van der Waals surface area contributed by atoms with E-state index in [0.717, 1.165) is 4.47 Å². The van der Waals surface area contributed by atoms with E-state index in [1.165, 1.54) is 6.07 Å². The molecule has 0 aliphatic heterocycles. The predicted octanol–water partition coefficient (Wildman–Crippen LogP) is 3.55. The van der Waals surface area contributed by atoms with Gasteiger partial charge in [-0.15, -0.1) is 0 Å². The van der Waals surface area contributed by atoms with E-state index in [2.05, 4.69) is 36.6 Å². The minimum absolute atomic E-state index is 0.101. The van der Waals surface area contributed by atoms with E-state index in [1.807, 2.05) is 6.92 Å². The normalized spacial score (nSPS) is 13.6. The zero-order valence-electron chi connectivity index (χ0n) is 9.08. The number of halogens is 3. The number of nitrogens with one attached hydrogen (secondary N) is 1. The molecular weight excluding hydrogens is 393 g/mol. The average molecular weight is 406 g/mol. The highest BCUT2D eigenvalue weighted by atomic mass is 79.9. The molecule has 1 aromatic carbocycles. The molecule has 0 spiro atoms. The van der Waals surface area contributed by atoms with Gasteiger partial charge in [0.1, 0.15) is 4.90 Å². The first kappa shape index (κ1) is 15.4. The summed E-state index contributed by atoms with van der Waals surface area (Å²) in [6.07, 6.45) is 0.716. The zero-order valence-corrected chi connectivity index (χ0v) is 13.8. The van der Waals surface area contributed by atoms with E-state index in [-0.39, 0.29) is 14.7 Å². The Bertz CT molecular complexity index is 491.